The van der Waals surface area contributed by atoms with Crippen LogP contribution in [0.1, 0.15) is 43.5 Å². The van der Waals surface area contributed by atoms with Crippen LogP contribution in [0.15, 0.2) is 18.2 Å². The third kappa shape index (κ3) is 5.27. The molecule has 30 heavy (non-hydrogen) atoms. The van der Waals surface area contributed by atoms with Crippen LogP contribution in [-0.4, -0.2) is 55.8 Å². The molecule has 3 rings (SSSR count). The molecule has 3 atom stereocenters. The largest absolute Gasteiger partial charge is 0.452 e. The molecule has 1 N–H and O–H groups in total. The molecular weight excluding hydrogens is 390 g/mol. The zero-order chi connectivity index (χ0) is 21.7. The number of ether oxygens (including phenoxy) is 2. The van der Waals surface area contributed by atoms with Crippen molar-refractivity contribution in [1.29, 1.82) is 0 Å². The van der Waals surface area contributed by atoms with Crippen molar-refractivity contribution < 1.29 is 24.0 Å². The Bertz CT molecular complexity index is 793. The average Bonchev–Trinajstić information content (AvgIpc) is 2.75. The van der Waals surface area contributed by atoms with Gasteiger partial charge in [0.15, 0.2) is 6.61 Å². The molecule has 0 bridgehead atoms. The van der Waals surface area contributed by atoms with Crippen LogP contribution in [0.25, 0.3) is 0 Å². The lowest BCUT2D eigenvalue weighted by Gasteiger charge is -2.34. The third-order valence-corrected chi connectivity index (χ3v) is 6.15. The number of esters is 1. The summed E-state index contributed by atoms with van der Waals surface area (Å²) in [5, 5.41) is 14.5. The number of hydrogen-bond donors (Lipinski definition) is 1. The van der Waals surface area contributed by atoms with Gasteiger partial charge in [0.05, 0.1) is 23.7 Å². The second-order valence-electron chi connectivity index (χ2n) is 8.08. The van der Waals surface area contributed by atoms with Crippen molar-refractivity contribution in [1.82, 2.24) is 5.32 Å². The summed E-state index contributed by atoms with van der Waals surface area (Å²) in [6, 6.07) is 4.32. The summed E-state index contributed by atoms with van der Waals surface area (Å²) in [7, 11) is 0. The maximum absolute atomic E-state index is 12.4. The van der Waals surface area contributed by atoms with Gasteiger partial charge in [-0.15, -0.1) is 0 Å². The van der Waals surface area contributed by atoms with Crippen LogP contribution in [0.5, 0.6) is 0 Å². The fraction of sp³-hybridized carbons (Fsp3) is 0.619. The Labute approximate surface area is 175 Å². The van der Waals surface area contributed by atoms with E-state index in [0.717, 1.165) is 19.3 Å². The van der Waals surface area contributed by atoms with Gasteiger partial charge >= 0.3 is 5.97 Å². The van der Waals surface area contributed by atoms with E-state index in [9.17, 15) is 19.7 Å². The highest BCUT2D eigenvalue weighted by Gasteiger charge is 2.28. The second kappa shape index (κ2) is 9.88. The van der Waals surface area contributed by atoms with E-state index >= 15 is 0 Å². The van der Waals surface area contributed by atoms with Crippen molar-refractivity contribution in [3.63, 3.8) is 0 Å². The number of nitrogens with one attached hydrogen (secondary N) is 1. The summed E-state index contributed by atoms with van der Waals surface area (Å²) in [6.45, 7) is 5.97. The Morgan fingerprint density at radius 2 is 2.00 bits per heavy atom. The van der Waals surface area contributed by atoms with Gasteiger partial charge in [-0.2, -0.15) is 0 Å². The standard InChI is InChI=1S/C21H29N3O6/c1-14-4-3-5-17(15(14)2)22-20(25)13-30-21(26)16-6-7-18(19(12-16)24(27)28)23-8-10-29-11-9-23/h6-7,12,14-15,17H,3-5,8-11,13H2,1-2H3,(H,22,25)/t14-,15+,17+/m0/s1. The molecule has 0 unspecified atom stereocenters. The Balaban J connectivity index is 1.60. The fourth-order valence-corrected chi connectivity index (χ4v) is 4.12. The number of rotatable bonds is 6. The van der Waals surface area contributed by atoms with Crippen molar-refractivity contribution in [3.05, 3.63) is 33.9 Å². The number of nitro groups is 1. The maximum atomic E-state index is 12.4. The molecule has 1 amide bonds. The first-order valence-electron chi connectivity index (χ1n) is 10.4. The molecule has 0 aromatic heterocycles. The fourth-order valence-electron chi connectivity index (χ4n) is 4.12. The minimum atomic E-state index is -0.758. The molecule has 1 aromatic carbocycles. The molecular formula is C21H29N3O6. The van der Waals surface area contributed by atoms with Gasteiger partial charge < -0.3 is 19.7 Å². The summed E-state index contributed by atoms with van der Waals surface area (Å²) in [5.74, 6) is -0.202. The molecule has 2 aliphatic rings. The SMILES string of the molecule is C[C@@H]1[C@@H](C)CCC[C@H]1NC(=O)COC(=O)c1ccc(N2CCOCC2)c([N+](=O)[O-])c1. The summed E-state index contributed by atoms with van der Waals surface area (Å²) >= 11 is 0. The molecule has 2 fully saturated rings. The molecule has 0 radical (unpaired) electrons. The quantitative estimate of drug-likeness (QED) is 0.428. The predicted molar refractivity (Wildman–Crippen MR) is 111 cm³/mol. The summed E-state index contributed by atoms with van der Waals surface area (Å²) in [5.41, 5.74) is 0.324. The van der Waals surface area contributed by atoms with Gasteiger partial charge in [0.2, 0.25) is 0 Å². The summed E-state index contributed by atoms with van der Waals surface area (Å²) in [4.78, 5) is 37.4. The predicted octanol–water partition coefficient (Wildman–Crippen LogP) is 2.53. The van der Waals surface area contributed by atoms with E-state index in [2.05, 4.69) is 19.2 Å². The highest BCUT2D eigenvalue weighted by molar-refractivity contribution is 5.93. The highest BCUT2D eigenvalue weighted by atomic mass is 16.6. The van der Waals surface area contributed by atoms with E-state index in [0.29, 0.717) is 43.8 Å². The van der Waals surface area contributed by atoms with Crippen molar-refractivity contribution in [2.24, 2.45) is 11.8 Å². The monoisotopic (exact) mass is 419 g/mol. The average molecular weight is 419 g/mol. The maximum Gasteiger partial charge on any atom is 0.338 e. The van der Waals surface area contributed by atoms with Gasteiger partial charge in [-0.3, -0.25) is 14.9 Å². The van der Waals surface area contributed by atoms with Crippen LogP contribution in [0.3, 0.4) is 0 Å². The number of carbonyl (C=O) groups excluding carboxylic acids is 2. The molecule has 164 valence electrons. The summed E-state index contributed by atoms with van der Waals surface area (Å²) < 4.78 is 10.4. The topological polar surface area (TPSA) is 111 Å². The lowest BCUT2D eigenvalue weighted by Crippen LogP contribution is -2.45. The van der Waals surface area contributed by atoms with E-state index in [-0.39, 0.29) is 23.2 Å². The Hall–Kier alpha value is -2.68. The van der Waals surface area contributed by atoms with Crippen molar-refractivity contribution in [3.8, 4) is 0 Å². The lowest BCUT2D eigenvalue weighted by molar-refractivity contribution is -0.384. The number of morpholine rings is 1. The van der Waals surface area contributed by atoms with Crippen LogP contribution in [0.2, 0.25) is 0 Å². The van der Waals surface area contributed by atoms with Crippen LogP contribution in [0, 0.1) is 22.0 Å². The second-order valence-corrected chi connectivity index (χ2v) is 8.08. The Morgan fingerprint density at radius 3 is 2.70 bits per heavy atom. The van der Waals surface area contributed by atoms with Gasteiger partial charge in [0.1, 0.15) is 5.69 Å². The third-order valence-electron chi connectivity index (χ3n) is 6.15. The molecule has 1 aliphatic heterocycles. The number of nitro benzene ring substituents is 1. The molecule has 9 heteroatoms. The van der Waals surface area contributed by atoms with E-state index < -0.39 is 17.5 Å². The first-order valence-corrected chi connectivity index (χ1v) is 10.4. The number of hydrogen-bond acceptors (Lipinski definition) is 7. The van der Waals surface area contributed by atoms with E-state index in [1.807, 2.05) is 4.90 Å². The van der Waals surface area contributed by atoms with Crippen LogP contribution in [0.4, 0.5) is 11.4 Å². The number of nitrogens with zero attached hydrogens (tertiary/aromatic N) is 2. The summed E-state index contributed by atoms with van der Waals surface area (Å²) in [6.07, 6.45) is 3.14. The van der Waals surface area contributed by atoms with Gasteiger partial charge in [0.25, 0.3) is 11.6 Å². The van der Waals surface area contributed by atoms with E-state index in [1.165, 1.54) is 12.1 Å². The Kier molecular flexibility index (Phi) is 7.25. The molecule has 1 saturated heterocycles. The zero-order valence-corrected chi connectivity index (χ0v) is 17.5. The molecule has 1 saturated carbocycles. The van der Waals surface area contributed by atoms with Crippen molar-refractivity contribution >= 4 is 23.3 Å². The lowest BCUT2D eigenvalue weighted by atomic mass is 9.78. The molecule has 1 aromatic rings. The van der Waals surface area contributed by atoms with Crippen LogP contribution < -0.4 is 10.2 Å². The first-order chi connectivity index (χ1) is 14.4. The Morgan fingerprint density at radius 1 is 1.27 bits per heavy atom. The van der Waals surface area contributed by atoms with Crippen LogP contribution >= 0.6 is 0 Å². The van der Waals surface area contributed by atoms with Crippen molar-refractivity contribution in [2.45, 2.75) is 39.2 Å². The zero-order valence-electron chi connectivity index (χ0n) is 17.5. The number of benzene rings is 1. The smallest absolute Gasteiger partial charge is 0.338 e. The van der Waals surface area contributed by atoms with Crippen LogP contribution in [-0.2, 0) is 14.3 Å². The number of amides is 1. The van der Waals surface area contributed by atoms with Gasteiger partial charge in [0, 0.05) is 25.2 Å². The molecule has 9 nitrogen and oxygen atoms in total. The first kappa shape index (κ1) is 22.0. The van der Waals surface area contributed by atoms with E-state index in [1.54, 1.807) is 6.07 Å². The van der Waals surface area contributed by atoms with Gasteiger partial charge in [-0.25, -0.2) is 4.79 Å². The van der Waals surface area contributed by atoms with E-state index in [4.69, 9.17) is 9.47 Å². The van der Waals surface area contributed by atoms with Gasteiger partial charge in [-0.1, -0.05) is 26.7 Å². The molecule has 0 spiro atoms. The van der Waals surface area contributed by atoms with Crippen molar-refractivity contribution in [2.75, 3.05) is 37.8 Å². The van der Waals surface area contributed by atoms with Gasteiger partial charge in [-0.05, 0) is 30.4 Å². The number of carbonyl (C=O) groups is 2. The molecule has 1 aliphatic carbocycles. The number of anilines is 1. The minimum absolute atomic E-state index is 0.0474. The molecule has 1 heterocycles. The normalized spacial score (nSPS) is 24.2. The minimum Gasteiger partial charge on any atom is -0.452 e. The highest BCUT2D eigenvalue weighted by Crippen LogP contribution is 2.31.